The Morgan fingerprint density at radius 1 is 1.21 bits per heavy atom. The smallest absolute Gasteiger partial charge is 0.265 e. The largest absolute Gasteiger partial charge is 0.482 e. The minimum atomic E-state index is -0.00184. The molecule has 0 atom stereocenters. The van der Waals surface area contributed by atoms with E-state index < -0.39 is 0 Å². The number of ether oxygens (including phenoxy) is 1. The molecule has 0 unspecified atom stereocenters. The predicted molar refractivity (Wildman–Crippen MR) is 138 cm³/mol. The van der Waals surface area contributed by atoms with E-state index in [1.54, 1.807) is 0 Å². The number of amides is 1. The van der Waals surface area contributed by atoms with Crippen LogP contribution >= 0.6 is 24.0 Å². The van der Waals surface area contributed by atoms with Crippen LogP contribution in [0.1, 0.15) is 24.8 Å². The van der Waals surface area contributed by atoms with Gasteiger partial charge in [0.15, 0.2) is 12.6 Å². The molecule has 1 aromatic heterocycles. The molecule has 2 aliphatic heterocycles. The average molecular weight is 568 g/mol. The third-order valence-electron chi connectivity index (χ3n) is 5.68. The van der Waals surface area contributed by atoms with E-state index in [1.165, 1.54) is 0 Å². The maximum absolute atomic E-state index is 12.3. The average Bonchev–Trinajstić information content (AvgIpc) is 3.22. The lowest BCUT2D eigenvalue weighted by Crippen LogP contribution is -2.52. The van der Waals surface area contributed by atoms with Crippen molar-refractivity contribution in [3.05, 3.63) is 41.8 Å². The van der Waals surface area contributed by atoms with Gasteiger partial charge in [-0.1, -0.05) is 17.3 Å². The lowest BCUT2D eigenvalue weighted by Gasteiger charge is -2.36. The summed E-state index contributed by atoms with van der Waals surface area (Å²) in [6, 6.07) is 9.68. The van der Waals surface area contributed by atoms with Gasteiger partial charge in [-0.15, -0.1) is 24.0 Å². The first-order valence-corrected chi connectivity index (χ1v) is 11.3. The first-order valence-electron chi connectivity index (χ1n) is 11.3. The van der Waals surface area contributed by atoms with Crippen molar-refractivity contribution in [1.29, 1.82) is 0 Å². The second kappa shape index (κ2) is 12.2. The van der Waals surface area contributed by atoms with Gasteiger partial charge in [-0.3, -0.25) is 14.7 Å². The van der Waals surface area contributed by atoms with E-state index >= 15 is 0 Å². The molecule has 1 aromatic carbocycles. The van der Waals surface area contributed by atoms with Gasteiger partial charge >= 0.3 is 0 Å². The fourth-order valence-electron chi connectivity index (χ4n) is 4.08. The van der Waals surface area contributed by atoms with E-state index in [9.17, 15) is 4.79 Å². The Morgan fingerprint density at radius 2 is 2.00 bits per heavy atom. The first kappa shape index (κ1) is 25.3. The number of benzene rings is 1. The molecule has 0 spiro atoms. The van der Waals surface area contributed by atoms with Crippen LogP contribution < -0.4 is 15.0 Å². The Hall–Kier alpha value is -2.34. The van der Waals surface area contributed by atoms with Crippen LogP contribution in [0.3, 0.4) is 0 Å². The molecule has 3 heterocycles. The highest BCUT2D eigenvalue weighted by Gasteiger charge is 2.25. The SMILES string of the molecule is CCNC(=NCCCN1C(=O)COc2ccccc21)N1CCN(Cc2cc(C)on2)CC1.I. The van der Waals surface area contributed by atoms with Crippen LogP contribution in [0.25, 0.3) is 0 Å². The number of nitrogens with zero attached hydrogens (tertiary/aromatic N) is 5. The quantitative estimate of drug-likeness (QED) is 0.238. The maximum atomic E-state index is 12.3. The number of fused-ring (bicyclic) bond motifs is 1. The van der Waals surface area contributed by atoms with E-state index in [-0.39, 0.29) is 36.5 Å². The number of aliphatic imine (C=N–C) groups is 1. The van der Waals surface area contributed by atoms with Crippen molar-refractivity contribution in [3.8, 4) is 5.75 Å². The summed E-state index contributed by atoms with van der Waals surface area (Å²) < 4.78 is 10.7. The van der Waals surface area contributed by atoms with Crippen LogP contribution in [-0.2, 0) is 11.3 Å². The zero-order chi connectivity index (χ0) is 22.3. The highest BCUT2D eigenvalue weighted by molar-refractivity contribution is 14.0. The van der Waals surface area contributed by atoms with E-state index in [0.29, 0.717) is 13.1 Å². The van der Waals surface area contributed by atoms with Crippen molar-refractivity contribution >= 4 is 41.5 Å². The number of para-hydroxylation sites is 2. The lowest BCUT2D eigenvalue weighted by atomic mass is 10.2. The summed E-state index contributed by atoms with van der Waals surface area (Å²) in [5.74, 6) is 2.56. The van der Waals surface area contributed by atoms with Crippen LogP contribution in [0, 0.1) is 6.92 Å². The Bertz CT molecular complexity index is 942. The van der Waals surface area contributed by atoms with Gasteiger partial charge in [0.1, 0.15) is 11.5 Å². The predicted octanol–water partition coefficient (Wildman–Crippen LogP) is 2.50. The molecular formula is C23H33IN6O3. The van der Waals surface area contributed by atoms with Gasteiger partial charge in [-0.25, -0.2) is 0 Å². The fourth-order valence-corrected chi connectivity index (χ4v) is 4.08. The molecule has 180 valence electrons. The number of rotatable bonds is 7. The van der Waals surface area contributed by atoms with Crippen LogP contribution in [-0.4, -0.2) is 79.2 Å². The van der Waals surface area contributed by atoms with E-state index in [1.807, 2.05) is 42.2 Å². The molecular weight excluding hydrogens is 535 g/mol. The minimum absolute atomic E-state index is 0. The molecule has 33 heavy (non-hydrogen) atoms. The fraction of sp³-hybridized carbons (Fsp3) is 0.522. The van der Waals surface area contributed by atoms with Gasteiger partial charge in [0.2, 0.25) is 0 Å². The second-order valence-corrected chi connectivity index (χ2v) is 8.08. The van der Waals surface area contributed by atoms with Crippen LogP contribution in [0.2, 0.25) is 0 Å². The summed E-state index contributed by atoms with van der Waals surface area (Å²) in [6.45, 7) is 10.8. The van der Waals surface area contributed by atoms with Gasteiger partial charge in [0.25, 0.3) is 5.91 Å². The normalized spacial score (nSPS) is 16.8. The molecule has 2 aromatic rings. The number of carbonyl (C=O) groups excluding carboxylic acids is 1. The highest BCUT2D eigenvalue weighted by atomic mass is 127. The standard InChI is InChI=1S/C23H32N6O3.HI/c1-3-24-23(28-13-11-27(12-14-28)16-19-15-18(2)32-26-19)25-9-6-10-29-20-7-4-5-8-21(20)31-17-22(29)30;/h4-5,7-8,15H,3,6,9-14,16-17H2,1-2H3,(H,24,25);1H. The number of guanidine groups is 1. The lowest BCUT2D eigenvalue weighted by molar-refractivity contribution is -0.121. The summed E-state index contributed by atoms with van der Waals surface area (Å²) in [5.41, 5.74) is 1.83. The van der Waals surface area contributed by atoms with Crippen LogP contribution in [0.15, 0.2) is 39.8 Å². The Kier molecular flexibility index (Phi) is 9.36. The monoisotopic (exact) mass is 568 g/mol. The zero-order valence-corrected chi connectivity index (χ0v) is 21.7. The summed E-state index contributed by atoms with van der Waals surface area (Å²) in [7, 11) is 0. The summed E-state index contributed by atoms with van der Waals surface area (Å²) in [6.07, 6.45) is 0.792. The summed E-state index contributed by atoms with van der Waals surface area (Å²) in [5, 5.41) is 7.51. The molecule has 4 rings (SSSR count). The number of anilines is 1. The van der Waals surface area contributed by atoms with Gasteiger partial charge in [0, 0.05) is 58.4 Å². The van der Waals surface area contributed by atoms with Crippen molar-refractivity contribution < 1.29 is 14.1 Å². The highest BCUT2D eigenvalue weighted by Crippen LogP contribution is 2.31. The number of aryl methyl sites for hydroxylation is 1. The molecule has 1 fully saturated rings. The zero-order valence-electron chi connectivity index (χ0n) is 19.3. The topological polar surface area (TPSA) is 86.4 Å². The number of nitrogens with one attached hydrogen (secondary N) is 1. The van der Waals surface area contributed by atoms with Crippen molar-refractivity contribution in [2.24, 2.45) is 4.99 Å². The molecule has 0 saturated carbocycles. The first-order chi connectivity index (χ1) is 15.6. The van der Waals surface area contributed by atoms with Crippen molar-refractivity contribution in [2.45, 2.75) is 26.8 Å². The molecule has 0 aliphatic carbocycles. The number of hydrogen-bond acceptors (Lipinski definition) is 6. The van der Waals surface area contributed by atoms with E-state index in [4.69, 9.17) is 14.3 Å². The van der Waals surface area contributed by atoms with E-state index in [0.717, 1.165) is 74.5 Å². The molecule has 2 aliphatic rings. The van der Waals surface area contributed by atoms with Crippen LogP contribution in [0.4, 0.5) is 5.69 Å². The van der Waals surface area contributed by atoms with Crippen molar-refractivity contribution in [3.63, 3.8) is 0 Å². The Morgan fingerprint density at radius 3 is 2.73 bits per heavy atom. The molecule has 1 amide bonds. The molecule has 0 bridgehead atoms. The summed E-state index contributed by atoms with van der Waals surface area (Å²) in [4.78, 5) is 23.7. The molecule has 1 N–H and O–H groups in total. The van der Waals surface area contributed by atoms with Crippen molar-refractivity contribution in [1.82, 2.24) is 20.3 Å². The molecule has 10 heteroatoms. The molecule has 1 saturated heterocycles. The number of halogens is 1. The van der Waals surface area contributed by atoms with Crippen molar-refractivity contribution in [2.75, 3.05) is 57.3 Å². The number of aromatic nitrogens is 1. The molecule has 9 nitrogen and oxygen atoms in total. The number of carbonyl (C=O) groups is 1. The van der Waals surface area contributed by atoms with Gasteiger partial charge in [-0.05, 0) is 32.4 Å². The van der Waals surface area contributed by atoms with Gasteiger partial charge in [0.05, 0.1) is 11.4 Å². The minimum Gasteiger partial charge on any atom is -0.482 e. The number of piperazine rings is 1. The Labute approximate surface area is 212 Å². The third kappa shape index (κ3) is 6.59. The van der Waals surface area contributed by atoms with E-state index in [2.05, 4.69) is 27.2 Å². The van der Waals surface area contributed by atoms with Crippen LogP contribution in [0.5, 0.6) is 5.75 Å². The third-order valence-corrected chi connectivity index (χ3v) is 5.68. The Balaban J connectivity index is 0.00000306. The van der Waals surface area contributed by atoms with Gasteiger partial charge in [-0.2, -0.15) is 0 Å². The second-order valence-electron chi connectivity index (χ2n) is 8.08. The number of hydrogen-bond donors (Lipinski definition) is 1. The molecule has 0 radical (unpaired) electrons. The maximum Gasteiger partial charge on any atom is 0.265 e. The summed E-state index contributed by atoms with van der Waals surface area (Å²) >= 11 is 0. The van der Waals surface area contributed by atoms with Gasteiger partial charge < -0.3 is 24.4 Å².